The van der Waals surface area contributed by atoms with Crippen molar-refractivity contribution in [3.8, 4) is 5.75 Å². The van der Waals surface area contributed by atoms with Crippen LogP contribution in [0, 0.1) is 0 Å². The SMILES string of the molecule is CCC(C)[P-]C(=O)c1c(Cl)ccc(Cl)c1OC.[Li+]. The summed E-state index contributed by atoms with van der Waals surface area (Å²) in [5, 5.41) is 0.784. The molecule has 1 aromatic carbocycles. The van der Waals surface area contributed by atoms with Gasteiger partial charge in [0.15, 0.2) is 0 Å². The van der Waals surface area contributed by atoms with E-state index in [-0.39, 0.29) is 24.4 Å². The molecule has 94 valence electrons. The van der Waals surface area contributed by atoms with Crippen LogP contribution in [-0.2, 0) is 0 Å². The number of methoxy groups -OCH3 is 1. The molecule has 18 heavy (non-hydrogen) atoms. The molecule has 0 aliphatic carbocycles. The van der Waals surface area contributed by atoms with Gasteiger partial charge in [-0.3, -0.25) is 0 Å². The molecule has 2 nitrogen and oxygen atoms in total. The van der Waals surface area contributed by atoms with E-state index in [9.17, 15) is 4.79 Å². The van der Waals surface area contributed by atoms with E-state index in [0.717, 1.165) is 6.42 Å². The molecule has 0 N–H and O–H groups in total. The van der Waals surface area contributed by atoms with Crippen LogP contribution in [0.25, 0.3) is 0 Å². The fourth-order valence-corrected chi connectivity index (χ4v) is 2.76. The van der Waals surface area contributed by atoms with Crippen molar-refractivity contribution in [2.75, 3.05) is 7.11 Å². The van der Waals surface area contributed by atoms with Crippen molar-refractivity contribution in [2.24, 2.45) is 0 Å². The smallest absolute Gasteiger partial charge is 0.494 e. The molecule has 1 atom stereocenters. The van der Waals surface area contributed by atoms with Crippen LogP contribution < -0.4 is 23.6 Å². The van der Waals surface area contributed by atoms with Crippen molar-refractivity contribution in [1.82, 2.24) is 0 Å². The number of carbonyl (C=O) groups is 1. The summed E-state index contributed by atoms with van der Waals surface area (Å²) in [6, 6.07) is 3.24. The second-order valence-electron chi connectivity index (χ2n) is 3.63. The van der Waals surface area contributed by atoms with Gasteiger partial charge in [-0.15, -0.1) is 0 Å². The topological polar surface area (TPSA) is 26.3 Å². The van der Waals surface area contributed by atoms with Crippen LogP contribution in [0.2, 0.25) is 10.0 Å². The first kappa shape index (κ1) is 18.3. The van der Waals surface area contributed by atoms with Gasteiger partial charge in [0.2, 0.25) is 0 Å². The Kier molecular flexibility index (Phi) is 8.60. The number of ether oxygens (including phenoxy) is 1. The van der Waals surface area contributed by atoms with Gasteiger partial charge in [0, 0.05) is 11.1 Å². The molecule has 1 unspecified atom stereocenters. The van der Waals surface area contributed by atoms with Gasteiger partial charge >= 0.3 is 18.9 Å². The second-order valence-corrected chi connectivity index (χ2v) is 5.99. The largest absolute Gasteiger partial charge is 1.00 e. The minimum Gasteiger partial charge on any atom is -0.494 e. The van der Waals surface area contributed by atoms with Crippen LogP contribution in [0.5, 0.6) is 5.75 Å². The molecular formula is C12H14Cl2LiO2P. The van der Waals surface area contributed by atoms with E-state index in [1.165, 1.54) is 7.11 Å². The summed E-state index contributed by atoms with van der Waals surface area (Å²) in [6.45, 7) is 4.06. The summed E-state index contributed by atoms with van der Waals surface area (Å²) < 4.78 is 5.15. The molecule has 0 aromatic heterocycles. The fraction of sp³-hybridized carbons (Fsp3) is 0.417. The van der Waals surface area contributed by atoms with Gasteiger partial charge in [0.25, 0.3) is 0 Å². The average Bonchev–Trinajstić information content (AvgIpc) is 2.31. The Labute approximate surface area is 132 Å². The van der Waals surface area contributed by atoms with E-state index in [1.807, 2.05) is 13.8 Å². The molecule has 1 aromatic rings. The normalized spacial score (nSPS) is 12.3. The summed E-state index contributed by atoms with van der Waals surface area (Å²) in [7, 11) is 2.20. The minimum absolute atomic E-state index is 0. The molecule has 0 fully saturated rings. The Hall–Kier alpha value is 0.297. The van der Waals surface area contributed by atoms with Crippen molar-refractivity contribution in [1.29, 1.82) is 0 Å². The molecule has 0 heterocycles. The Morgan fingerprint density at radius 3 is 2.44 bits per heavy atom. The third-order valence-corrected chi connectivity index (χ3v) is 4.28. The predicted molar refractivity (Wildman–Crippen MR) is 74.0 cm³/mol. The standard InChI is InChI=1S/C12H14Cl2O2P.Li/c1-4-7(2)17-12(15)10-8(13)5-6-9(14)11(10)16-3;/h5-7H,4H2,1-3H3;/q-1;+1. The van der Waals surface area contributed by atoms with Gasteiger partial charge in [-0.1, -0.05) is 43.5 Å². The minimum atomic E-state index is -0.0521. The maximum atomic E-state index is 12.1. The molecule has 1 rings (SSSR count). The number of halogens is 2. The fourth-order valence-electron chi connectivity index (χ4n) is 1.29. The van der Waals surface area contributed by atoms with Crippen molar-refractivity contribution < 1.29 is 28.4 Å². The van der Waals surface area contributed by atoms with Crippen LogP contribution in [0.15, 0.2) is 12.1 Å². The third kappa shape index (κ3) is 4.44. The van der Waals surface area contributed by atoms with Crippen molar-refractivity contribution in [2.45, 2.75) is 25.9 Å². The Balaban J connectivity index is 0.00000289. The van der Waals surface area contributed by atoms with Crippen LogP contribution in [0.3, 0.4) is 0 Å². The van der Waals surface area contributed by atoms with Gasteiger partial charge in [-0.25, -0.2) is 0 Å². The van der Waals surface area contributed by atoms with E-state index < -0.39 is 0 Å². The molecule has 0 bridgehead atoms. The summed E-state index contributed by atoms with van der Waals surface area (Å²) >= 11 is 12.0. The zero-order valence-corrected chi connectivity index (χ0v) is 13.4. The number of benzene rings is 1. The molecular weight excluding hydrogens is 285 g/mol. The van der Waals surface area contributed by atoms with E-state index in [2.05, 4.69) is 0 Å². The number of hydrogen-bond acceptors (Lipinski definition) is 2. The molecule has 0 amide bonds. The summed E-state index contributed by atoms with van der Waals surface area (Å²) in [4.78, 5) is 12.1. The zero-order valence-electron chi connectivity index (χ0n) is 11.0. The van der Waals surface area contributed by atoms with Crippen LogP contribution >= 0.6 is 31.8 Å². The van der Waals surface area contributed by atoms with E-state index in [1.54, 1.807) is 12.1 Å². The van der Waals surface area contributed by atoms with Crippen LogP contribution in [0.4, 0.5) is 0 Å². The van der Waals surface area contributed by atoms with Gasteiger partial charge < -0.3 is 18.1 Å². The van der Waals surface area contributed by atoms with Crippen molar-refractivity contribution in [3.05, 3.63) is 27.7 Å². The molecule has 0 aliphatic heterocycles. The maximum absolute atomic E-state index is 12.1. The Morgan fingerprint density at radius 1 is 1.39 bits per heavy atom. The maximum Gasteiger partial charge on any atom is 1.00 e. The molecule has 6 heteroatoms. The predicted octanol–water partition coefficient (Wildman–Crippen LogP) is 1.89. The number of carbonyl (C=O) groups excluding carboxylic acids is 1. The zero-order chi connectivity index (χ0) is 13.0. The summed E-state index contributed by atoms with van der Waals surface area (Å²) in [6.07, 6.45) is 0.938. The first-order chi connectivity index (χ1) is 8.01. The number of rotatable bonds is 5. The summed E-state index contributed by atoms with van der Waals surface area (Å²) in [5.74, 6) is 0.361. The van der Waals surface area contributed by atoms with Crippen LogP contribution in [0.1, 0.15) is 30.6 Å². The summed E-state index contributed by atoms with van der Waals surface area (Å²) in [5.41, 5.74) is 0.620. The van der Waals surface area contributed by atoms with Gasteiger partial charge in [0.05, 0.1) is 17.2 Å². The quantitative estimate of drug-likeness (QED) is 0.613. The monoisotopic (exact) mass is 298 g/mol. The Bertz CT molecular complexity index is 427. The average molecular weight is 299 g/mol. The molecule has 0 saturated carbocycles. The van der Waals surface area contributed by atoms with Crippen LogP contribution in [-0.4, -0.2) is 18.3 Å². The van der Waals surface area contributed by atoms with Crippen molar-refractivity contribution in [3.63, 3.8) is 0 Å². The van der Waals surface area contributed by atoms with Gasteiger partial charge in [-0.05, 0) is 12.1 Å². The molecule has 0 radical (unpaired) electrons. The number of hydrogen-bond donors (Lipinski definition) is 0. The first-order valence-corrected chi connectivity index (χ1v) is 7.00. The van der Waals surface area contributed by atoms with Gasteiger partial charge in [0.1, 0.15) is 5.75 Å². The van der Waals surface area contributed by atoms with E-state index in [0.29, 0.717) is 35.6 Å². The van der Waals surface area contributed by atoms with Gasteiger partial charge in [-0.2, -0.15) is 5.66 Å². The third-order valence-electron chi connectivity index (χ3n) is 2.41. The van der Waals surface area contributed by atoms with E-state index in [4.69, 9.17) is 27.9 Å². The van der Waals surface area contributed by atoms with Crippen molar-refractivity contribution >= 4 is 37.3 Å². The second kappa shape index (κ2) is 8.46. The molecule has 0 saturated heterocycles. The molecule has 0 spiro atoms. The van der Waals surface area contributed by atoms with E-state index >= 15 is 0 Å². The molecule has 0 aliphatic rings. The Morgan fingerprint density at radius 2 is 1.94 bits per heavy atom. The first-order valence-electron chi connectivity index (χ1n) is 5.28.